The smallest absolute Gasteiger partial charge is 0.270 e. The van der Waals surface area contributed by atoms with Crippen molar-refractivity contribution in [2.24, 2.45) is 10.7 Å². The first-order valence-electron chi connectivity index (χ1n) is 7.97. The Bertz CT molecular complexity index is 861. The Morgan fingerprint density at radius 2 is 2.19 bits per heavy atom. The number of aliphatic hydroxyl groups excluding tert-OH is 1. The number of hydrogen-bond acceptors (Lipinski definition) is 8. The Labute approximate surface area is 155 Å². The summed E-state index contributed by atoms with van der Waals surface area (Å²) in [5, 5.41) is 11.4. The van der Waals surface area contributed by atoms with E-state index >= 15 is 0 Å². The van der Waals surface area contributed by atoms with Crippen molar-refractivity contribution in [1.29, 1.82) is 0 Å². The summed E-state index contributed by atoms with van der Waals surface area (Å²) in [6, 6.07) is 3.50. The molecule has 0 fully saturated rings. The number of rotatable bonds is 8. The fourth-order valence-electron chi connectivity index (χ4n) is 2.23. The molecule has 10 heteroatoms. The van der Waals surface area contributed by atoms with Gasteiger partial charge in [0.2, 0.25) is 5.91 Å². The Hall–Kier alpha value is -3.40. The fourth-order valence-corrected chi connectivity index (χ4v) is 2.23. The maximum Gasteiger partial charge on any atom is 0.270 e. The van der Waals surface area contributed by atoms with Crippen LogP contribution in [0.5, 0.6) is 5.75 Å². The first-order chi connectivity index (χ1) is 12.8. The molecular formula is C17H21N5O5. The van der Waals surface area contributed by atoms with Gasteiger partial charge in [0.05, 0.1) is 12.8 Å². The van der Waals surface area contributed by atoms with Gasteiger partial charge >= 0.3 is 0 Å². The fraction of sp³-hybridized carbons (Fsp3) is 0.294. The highest BCUT2D eigenvalue weighted by Gasteiger charge is 2.22. The Morgan fingerprint density at radius 3 is 2.74 bits per heavy atom. The molecule has 1 aromatic carbocycles. The second-order valence-electron chi connectivity index (χ2n) is 5.57. The minimum Gasteiger partial charge on any atom is -0.486 e. The number of aromatic nitrogens is 1. The van der Waals surface area contributed by atoms with Crippen molar-refractivity contribution in [3.8, 4) is 5.75 Å². The van der Waals surface area contributed by atoms with Crippen LogP contribution >= 0.6 is 0 Å². The van der Waals surface area contributed by atoms with Gasteiger partial charge in [-0.2, -0.15) is 0 Å². The lowest BCUT2D eigenvalue weighted by Gasteiger charge is -2.15. The lowest BCUT2D eigenvalue weighted by molar-refractivity contribution is -0.125. The SMILES string of the molecule is CN=C(C(=O)N[C@@H](CO)C(N)=O)c1cc(OCc2cnc(C)o2)ccc1N. The first kappa shape index (κ1) is 19.9. The minimum absolute atomic E-state index is 0.0341. The summed E-state index contributed by atoms with van der Waals surface area (Å²) in [6.45, 7) is 1.23. The predicted molar refractivity (Wildman–Crippen MR) is 97.1 cm³/mol. The van der Waals surface area contributed by atoms with Gasteiger partial charge in [-0.3, -0.25) is 14.6 Å². The van der Waals surface area contributed by atoms with Gasteiger partial charge in [-0.25, -0.2) is 4.98 Å². The molecule has 1 atom stereocenters. The zero-order valence-corrected chi connectivity index (χ0v) is 14.9. The van der Waals surface area contributed by atoms with E-state index in [4.69, 9.17) is 25.7 Å². The molecule has 1 aromatic heterocycles. The quantitative estimate of drug-likeness (QED) is 0.357. The molecule has 27 heavy (non-hydrogen) atoms. The Morgan fingerprint density at radius 1 is 1.44 bits per heavy atom. The van der Waals surface area contributed by atoms with Crippen LogP contribution in [0.4, 0.5) is 5.69 Å². The average molecular weight is 375 g/mol. The van der Waals surface area contributed by atoms with E-state index in [2.05, 4.69) is 15.3 Å². The number of benzene rings is 1. The monoisotopic (exact) mass is 375 g/mol. The normalized spacial score (nSPS) is 12.5. The van der Waals surface area contributed by atoms with Crippen LogP contribution in [-0.2, 0) is 16.2 Å². The van der Waals surface area contributed by atoms with Gasteiger partial charge < -0.3 is 31.0 Å². The molecule has 0 aliphatic rings. The second-order valence-corrected chi connectivity index (χ2v) is 5.57. The van der Waals surface area contributed by atoms with Gasteiger partial charge in [-0.15, -0.1) is 0 Å². The standard InChI is InChI=1S/C17H21N5O5/c1-9-21-6-11(27-9)8-26-10-3-4-13(18)12(5-10)15(20-2)17(25)22-14(7-23)16(19)24/h3-6,14,23H,7-8,18H2,1-2H3,(H2,19,24)(H,22,25)/t14-/m0/s1. The van der Waals surface area contributed by atoms with Crippen LogP contribution in [0.15, 0.2) is 33.8 Å². The van der Waals surface area contributed by atoms with E-state index in [1.807, 2.05) is 0 Å². The van der Waals surface area contributed by atoms with Crippen molar-refractivity contribution in [3.05, 3.63) is 41.6 Å². The number of hydrogen-bond donors (Lipinski definition) is 4. The van der Waals surface area contributed by atoms with Crippen LogP contribution in [0.2, 0.25) is 0 Å². The number of oxazole rings is 1. The summed E-state index contributed by atoms with van der Waals surface area (Å²) in [5.41, 5.74) is 11.6. The molecule has 0 radical (unpaired) electrons. The van der Waals surface area contributed by atoms with Crippen molar-refractivity contribution >= 4 is 23.2 Å². The van der Waals surface area contributed by atoms with Gasteiger partial charge in [0.15, 0.2) is 11.7 Å². The van der Waals surface area contributed by atoms with E-state index < -0.39 is 24.5 Å². The molecule has 144 valence electrons. The number of aryl methyl sites for hydroxylation is 1. The highest BCUT2D eigenvalue weighted by Crippen LogP contribution is 2.22. The lowest BCUT2D eigenvalue weighted by atomic mass is 10.1. The molecule has 2 rings (SSSR count). The third kappa shape index (κ3) is 5.05. The third-order valence-corrected chi connectivity index (χ3v) is 3.60. The number of nitrogens with two attached hydrogens (primary N) is 2. The van der Waals surface area contributed by atoms with Crippen LogP contribution in [0.3, 0.4) is 0 Å². The number of aliphatic imine (C=N–C) groups is 1. The number of aliphatic hydroxyl groups is 1. The summed E-state index contributed by atoms with van der Waals surface area (Å²) in [7, 11) is 1.40. The minimum atomic E-state index is -1.23. The largest absolute Gasteiger partial charge is 0.486 e. The summed E-state index contributed by atoms with van der Waals surface area (Å²) in [5.74, 6) is -0.0774. The molecule has 2 aromatic rings. The number of carbonyl (C=O) groups is 2. The van der Waals surface area contributed by atoms with Crippen LogP contribution < -0.4 is 21.5 Å². The molecular weight excluding hydrogens is 354 g/mol. The zero-order valence-electron chi connectivity index (χ0n) is 14.9. The van der Waals surface area contributed by atoms with Crippen LogP contribution in [0.1, 0.15) is 17.2 Å². The predicted octanol–water partition coefficient (Wildman–Crippen LogP) is -0.474. The second kappa shape index (κ2) is 8.81. The Balaban J connectivity index is 2.19. The highest BCUT2D eigenvalue weighted by molar-refractivity contribution is 6.46. The number of amides is 2. The molecule has 10 nitrogen and oxygen atoms in total. The molecule has 6 N–H and O–H groups in total. The van der Waals surface area contributed by atoms with Crippen LogP contribution in [0.25, 0.3) is 0 Å². The molecule has 0 aliphatic heterocycles. The van der Waals surface area contributed by atoms with E-state index in [9.17, 15) is 9.59 Å². The van der Waals surface area contributed by atoms with Crippen LogP contribution in [-0.4, -0.2) is 47.3 Å². The number of anilines is 1. The molecule has 0 spiro atoms. The van der Waals surface area contributed by atoms with Gasteiger partial charge in [-0.05, 0) is 18.2 Å². The third-order valence-electron chi connectivity index (χ3n) is 3.60. The maximum absolute atomic E-state index is 12.4. The molecule has 0 saturated carbocycles. The number of nitrogens with one attached hydrogen (secondary N) is 1. The summed E-state index contributed by atoms with van der Waals surface area (Å²) in [4.78, 5) is 31.5. The molecule has 0 unspecified atom stereocenters. The molecule has 0 aliphatic carbocycles. The van der Waals surface area contributed by atoms with E-state index in [0.717, 1.165) is 0 Å². The number of nitrogens with zero attached hydrogens (tertiary/aromatic N) is 2. The molecule has 2 amide bonds. The number of carbonyl (C=O) groups excluding carboxylic acids is 2. The summed E-state index contributed by atoms with van der Waals surface area (Å²) >= 11 is 0. The number of nitrogen functional groups attached to an aromatic ring is 1. The first-order valence-corrected chi connectivity index (χ1v) is 7.97. The molecule has 0 saturated heterocycles. The topological polar surface area (TPSA) is 166 Å². The van der Waals surface area contributed by atoms with Gasteiger partial charge in [-0.1, -0.05) is 0 Å². The maximum atomic E-state index is 12.4. The van der Waals surface area contributed by atoms with Gasteiger partial charge in [0.1, 0.15) is 24.1 Å². The van der Waals surface area contributed by atoms with Crippen molar-refractivity contribution in [3.63, 3.8) is 0 Å². The lowest BCUT2D eigenvalue weighted by Crippen LogP contribution is -2.49. The molecule has 0 bridgehead atoms. The van der Waals surface area contributed by atoms with Crippen molar-refractivity contribution in [1.82, 2.24) is 10.3 Å². The summed E-state index contributed by atoms with van der Waals surface area (Å²) < 4.78 is 11.0. The number of primary amides is 1. The van der Waals surface area contributed by atoms with Crippen molar-refractivity contribution < 1.29 is 23.8 Å². The zero-order chi connectivity index (χ0) is 20.0. The summed E-state index contributed by atoms with van der Waals surface area (Å²) in [6.07, 6.45) is 1.55. The highest BCUT2D eigenvalue weighted by atomic mass is 16.5. The van der Waals surface area contributed by atoms with Crippen LogP contribution in [0, 0.1) is 6.92 Å². The van der Waals surface area contributed by atoms with Crippen molar-refractivity contribution in [2.75, 3.05) is 19.4 Å². The Kier molecular flexibility index (Phi) is 6.50. The van der Waals surface area contributed by atoms with E-state index in [1.165, 1.54) is 7.05 Å². The van der Waals surface area contributed by atoms with Crippen molar-refractivity contribution in [2.45, 2.75) is 19.6 Å². The van der Waals surface area contributed by atoms with E-state index in [1.54, 1.807) is 31.3 Å². The van der Waals surface area contributed by atoms with Gasteiger partial charge in [0, 0.05) is 25.2 Å². The molecule has 1 heterocycles. The van der Waals surface area contributed by atoms with E-state index in [0.29, 0.717) is 23.0 Å². The van der Waals surface area contributed by atoms with Gasteiger partial charge in [0.25, 0.3) is 5.91 Å². The van der Waals surface area contributed by atoms with E-state index in [-0.39, 0.29) is 18.0 Å². The average Bonchev–Trinajstić information content (AvgIpc) is 3.05. The number of ether oxygens (including phenoxy) is 1.